The van der Waals surface area contributed by atoms with Crippen LogP contribution in [-0.4, -0.2) is 22.9 Å². The van der Waals surface area contributed by atoms with Crippen LogP contribution in [0.25, 0.3) is 0 Å². The predicted octanol–water partition coefficient (Wildman–Crippen LogP) is 1.96. The molecule has 2 N–H and O–H groups in total. The number of non-ortho nitro benzene ring substituents is 1. The van der Waals surface area contributed by atoms with Crippen molar-refractivity contribution in [1.82, 2.24) is 10.3 Å². The van der Waals surface area contributed by atoms with Crippen LogP contribution in [0.1, 0.15) is 16.1 Å². The second kappa shape index (κ2) is 6.47. The molecule has 0 saturated heterocycles. The summed E-state index contributed by atoms with van der Waals surface area (Å²) in [5, 5.41) is 16.2. The Morgan fingerprint density at radius 1 is 1.29 bits per heavy atom. The maximum atomic E-state index is 12.0. The molecular formula is C14H14N4O3. The molecule has 1 heterocycles. The van der Waals surface area contributed by atoms with Crippen molar-refractivity contribution in [2.75, 3.05) is 12.4 Å². The molecule has 7 nitrogen and oxygen atoms in total. The molecular weight excluding hydrogens is 272 g/mol. The van der Waals surface area contributed by atoms with Gasteiger partial charge < -0.3 is 10.6 Å². The molecule has 0 spiro atoms. The fraction of sp³-hybridized carbons (Fsp3) is 0.143. The third-order valence-corrected chi connectivity index (χ3v) is 2.81. The Morgan fingerprint density at radius 2 is 2.05 bits per heavy atom. The molecule has 0 bridgehead atoms. The molecule has 0 fully saturated rings. The summed E-state index contributed by atoms with van der Waals surface area (Å²) in [6, 6.07) is 11.2. The quantitative estimate of drug-likeness (QED) is 0.647. The van der Waals surface area contributed by atoms with Gasteiger partial charge in [-0.15, -0.1) is 0 Å². The Balaban J connectivity index is 2.03. The van der Waals surface area contributed by atoms with Gasteiger partial charge in [0.2, 0.25) is 0 Å². The number of hydrogen-bond donors (Lipinski definition) is 2. The van der Waals surface area contributed by atoms with E-state index in [4.69, 9.17) is 0 Å². The molecule has 21 heavy (non-hydrogen) atoms. The van der Waals surface area contributed by atoms with Crippen molar-refractivity contribution in [3.63, 3.8) is 0 Å². The lowest BCUT2D eigenvalue weighted by molar-refractivity contribution is -0.384. The van der Waals surface area contributed by atoms with Gasteiger partial charge in [-0.3, -0.25) is 14.9 Å². The monoisotopic (exact) mass is 286 g/mol. The first-order valence-electron chi connectivity index (χ1n) is 6.26. The molecule has 7 heteroatoms. The highest BCUT2D eigenvalue weighted by Gasteiger charge is 2.09. The van der Waals surface area contributed by atoms with Gasteiger partial charge in [0.15, 0.2) is 0 Å². The third-order valence-electron chi connectivity index (χ3n) is 2.81. The van der Waals surface area contributed by atoms with E-state index >= 15 is 0 Å². The van der Waals surface area contributed by atoms with E-state index in [0.717, 1.165) is 0 Å². The molecule has 0 aliphatic rings. The van der Waals surface area contributed by atoms with Crippen LogP contribution in [0.4, 0.5) is 11.5 Å². The van der Waals surface area contributed by atoms with Crippen molar-refractivity contribution < 1.29 is 9.72 Å². The lowest BCUT2D eigenvalue weighted by Gasteiger charge is -2.06. The van der Waals surface area contributed by atoms with Crippen LogP contribution in [0.15, 0.2) is 42.5 Å². The zero-order chi connectivity index (χ0) is 15.2. The van der Waals surface area contributed by atoms with Gasteiger partial charge in [0.05, 0.1) is 4.92 Å². The van der Waals surface area contributed by atoms with Crippen LogP contribution < -0.4 is 10.6 Å². The van der Waals surface area contributed by atoms with Gasteiger partial charge in [-0.1, -0.05) is 18.2 Å². The first kappa shape index (κ1) is 14.4. The van der Waals surface area contributed by atoms with Crippen LogP contribution >= 0.6 is 0 Å². The molecule has 0 saturated carbocycles. The number of hydrogen-bond acceptors (Lipinski definition) is 5. The maximum Gasteiger partial charge on any atom is 0.270 e. The van der Waals surface area contributed by atoms with Crippen molar-refractivity contribution in [3.05, 3.63) is 63.8 Å². The summed E-state index contributed by atoms with van der Waals surface area (Å²) < 4.78 is 0. The summed E-state index contributed by atoms with van der Waals surface area (Å²) in [7, 11) is 1.72. The number of carbonyl (C=O) groups excluding carboxylic acids is 1. The maximum absolute atomic E-state index is 12.0. The Bertz CT molecular complexity index is 673. The van der Waals surface area contributed by atoms with Crippen molar-refractivity contribution in [1.29, 1.82) is 0 Å². The number of carbonyl (C=O) groups is 1. The molecule has 0 unspecified atom stereocenters. The normalized spacial score (nSPS) is 9.95. The number of nitrogens with one attached hydrogen (secondary N) is 2. The van der Waals surface area contributed by atoms with E-state index in [2.05, 4.69) is 15.6 Å². The van der Waals surface area contributed by atoms with Crippen LogP contribution in [0, 0.1) is 10.1 Å². The van der Waals surface area contributed by atoms with Gasteiger partial charge in [-0.25, -0.2) is 4.98 Å². The standard InChI is InChI=1S/C14H14N4O3/c1-15-13-7-3-6-12(17-13)14(19)16-9-10-4-2-5-11(8-10)18(20)21/h2-8H,9H2,1H3,(H,15,17)(H,16,19). The van der Waals surface area contributed by atoms with Gasteiger partial charge in [0, 0.05) is 25.7 Å². The SMILES string of the molecule is CNc1cccc(C(=O)NCc2cccc([N+](=O)[O-])c2)n1. The number of amides is 1. The fourth-order valence-corrected chi connectivity index (χ4v) is 1.75. The topological polar surface area (TPSA) is 97.2 Å². The first-order valence-corrected chi connectivity index (χ1v) is 6.26. The van der Waals surface area contributed by atoms with Crippen LogP contribution in [-0.2, 0) is 6.54 Å². The number of nitrogens with zero attached hydrogens (tertiary/aromatic N) is 2. The highest BCUT2D eigenvalue weighted by molar-refractivity contribution is 5.92. The minimum Gasteiger partial charge on any atom is -0.373 e. The summed E-state index contributed by atoms with van der Waals surface area (Å²) in [5.74, 6) is 0.261. The van der Waals surface area contributed by atoms with E-state index in [-0.39, 0.29) is 23.8 Å². The van der Waals surface area contributed by atoms with Crippen LogP contribution in [0.5, 0.6) is 0 Å². The average molecular weight is 286 g/mol. The number of benzene rings is 1. The number of nitro groups is 1. The summed E-state index contributed by atoms with van der Waals surface area (Å²) in [4.78, 5) is 26.3. The molecule has 0 atom stereocenters. The molecule has 0 aliphatic carbocycles. The number of anilines is 1. The Morgan fingerprint density at radius 3 is 2.76 bits per heavy atom. The number of pyridine rings is 1. The third kappa shape index (κ3) is 3.75. The zero-order valence-electron chi connectivity index (χ0n) is 11.4. The molecule has 0 radical (unpaired) electrons. The van der Waals surface area contributed by atoms with Gasteiger partial charge in [-0.2, -0.15) is 0 Å². The van der Waals surface area contributed by atoms with Crippen molar-refractivity contribution in [2.24, 2.45) is 0 Å². The highest BCUT2D eigenvalue weighted by Crippen LogP contribution is 2.13. The first-order chi connectivity index (χ1) is 10.1. The second-order valence-electron chi connectivity index (χ2n) is 4.27. The second-order valence-corrected chi connectivity index (χ2v) is 4.27. The van der Waals surface area contributed by atoms with Gasteiger partial charge in [-0.05, 0) is 17.7 Å². The molecule has 1 aromatic heterocycles. The lowest BCUT2D eigenvalue weighted by Crippen LogP contribution is -2.24. The van der Waals surface area contributed by atoms with E-state index < -0.39 is 4.92 Å². The van der Waals surface area contributed by atoms with Gasteiger partial charge >= 0.3 is 0 Å². The number of nitro benzene ring substituents is 1. The minimum absolute atomic E-state index is 0.00273. The molecule has 2 aromatic rings. The summed E-state index contributed by atoms with van der Waals surface area (Å²) in [6.07, 6.45) is 0. The van der Waals surface area contributed by atoms with E-state index in [9.17, 15) is 14.9 Å². The van der Waals surface area contributed by atoms with Gasteiger partial charge in [0.1, 0.15) is 11.5 Å². The summed E-state index contributed by atoms with van der Waals surface area (Å²) in [6.45, 7) is 0.200. The smallest absolute Gasteiger partial charge is 0.270 e. The number of rotatable bonds is 5. The summed E-state index contributed by atoms with van der Waals surface area (Å²) in [5.41, 5.74) is 0.937. The Labute approximate surface area is 121 Å². The molecule has 1 aromatic carbocycles. The molecule has 1 amide bonds. The Hall–Kier alpha value is -2.96. The van der Waals surface area contributed by atoms with Crippen LogP contribution in [0.2, 0.25) is 0 Å². The molecule has 2 rings (SSSR count). The van der Waals surface area contributed by atoms with Crippen molar-refractivity contribution in [2.45, 2.75) is 6.54 Å². The Kier molecular flexibility index (Phi) is 4.45. The molecule has 0 aliphatic heterocycles. The highest BCUT2D eigenvalue weighted by atomic mass is 16.6. The zero-order valence-corrected chi connectivity index (χ0v) is 11.4. The number of aromatic nitrogens is 1. The van der Waals surface area contributed by atoms with Crippen LogP contribution in [0.3, 0.4) is 0 Å². The van der Waals surface area contributed by atoms with E-state index in [1.54, 1.807) is 37.4 Å². The van der Waals surface area contributed by atoms with E-state index in [0.29, 0.717) is 11.4 Å². The van der Waals surface area contributed by atoms with Gasteiger partial charge in [0.25, 0.3) is 11.6 Å². The largest absolute Gasteiger partial charge is 0.373 e. The molecule has 108 valence electrons. The predicted molar refractivity (Wildman–Crippen MR) is 78.1 cm³/mol. The van der Waals surface area contributed by atoms with E-state index in [1.807, 2.05) is 0 Å². The van der Waals surface area contributed by atoms with E-state index in [1.165, 1.54) is 12.1 Å². The van der Waals surface area contributed by atoms with Crippen molar-refractivity contribution >= 4 is 17.4 Å². The minimum atomic E-state index is -0.469. The average Bonchev–Trinajstić information content (AvgIpc) is 2.53. The summed E-state index contributed by atoms with van der Waals surface area (Å²) >= 11 is 0. The fourth-order valence-electron chi connectivity index (χ4n) is 1.75. The lowest BCUT2D eigenvalue weighted by atomic mass is 10.2. The van der Waals surface area contributed by atoms with Crippen molar-refractivity contribution in [3.8, 4) is 0 Å².